The second-order valence-electron chi connectivity index (χ2n) is 2.75. The summed E-state index contributed by atoms with van der Waals surface area (Å²) in [6, 6.07) is 5.27. The zero-order valence-corrected chi connectivity index (χ0v) is 7.06. The van der Waals surface area contributed by atoms with Crippen molar-refractivity contribution in [3.63, 3.8) is 0 Å². The Hall–Kier alpha value is -1.84. The maximum atomic E-state index is 11.6. The number of likely N-dealkylation sites (N-methyl/N-ethyl adjacent to an activating group) is 1. The van der Waals surface area contributed by atoms with Gasteiger partial charge in [0.1, 0.15) is 7.61 Å². The lowest BCUT2D eigenvalue weighted by Gasteiger charge is -1.96. The third-order valence-corrected chi connectivity index (χ3v) is 2.04. The SMILES string of the molecule is [3H]/C(O)=C1\C(=O)N(C)c2cccc[n+]21. The smallest absolute Gasteiger partial charge is 0.384 e. The molecule has 0 fully saturated rings. The molecule has 1 aromatic heterocycles. The van der Waals surface area contributed by atoms with Crippen molar-refractivity contribution in [1.82, 2.24) is 0 Å². The van der Waals surface area contributed by atoms with E-state index in [4.69, 9.17) is 6.48 Å². The molecular formula is C9H9N2O2+. The second-order valence-corrected chi connectivity index (χ2v) is 2.75. The minimum Gasteiger partial charge on any atom is -0.511 e. The fourth-order valence-electron chi connectivity index (χ4n) is 1.36. The normalized spacial score (nSPS) is 19.9. The highest BCUT2D eigenvalue weighted by Crippen LogP contribution is 2.17. The molecule has 0 atom stereocenters. The maximum Gasteiger partial charge on any atom is 0.384 e. The van der Waals surface area contributed by atoms with Crippen LogP contribution in [0.3, 0.4) is 0 Å². The minimum absolute atomic E-state index is 0.0110. The lowest BCUT2D eigenvalue weighted by Crippen LogP contribution is -2.29. The number of anilines is 1. The van der Waals surface area contributed by atoms with Gasteiger partial charge in [0.2, 0.25) is 0 Å². The van der Waals surface area contributed by atoms with Crippen molar-refractivity contribution in [2.75, 3.05) is 11.9 Å². The number of nitrogens with zero attached hydrogens (tertiary/aromatic N) is 2. The number of carbonyl (C=O) groups excluding carboxylic acids is 1. The number of hydrogen-bond donors (Lipinski definition) is 1. The predicted molar refractivity (Wildman–Crippen MR) is 46.9 cm³/mol. The van der Waals surface area contributed by atoms with E-state index in [9.17, 15) is 4.79 Å². The molecule has 4 nitrogen and oxygen atoms in total. The van der Waals surface area contributed by atoms with Crippen molar-refractivity contribution in [3.8, 4) is 0 Å². The molecule has 1 aromatic rings. The van der Waals surface area contributed by atoms with Gasteiger partial charge in [-0.05, 0) is 6.07 Å². The lowest BCUT2D eigenvalue weighted by molar-refractivity contribution is -0.558. The van der Waals surface area contributed by atoms with E-state index in [2.05, 4.69) is 0 Å². The van der Waals surface area contributed by atoms with Gasteiger partial charge in [-0.2, -0.15) is 9.47 Å². The average Bonchev–Trinajstić information content (AvgIpc) is 2.41. The molecule has 0 aromatic carbocycles. The van der Waals surface area contributed by atoms with Crippen LogP contribution >= 0.6 is 0 Å². The number of fused-ring (bicyclic) bond motifs is 1. The first-order valence-electron chi connectivity index (χ1n) is 4.32. The van der Waals surface area contributed by atoms with E-state index in [-0.39, 0.29) is 11.6 Å². The molecule has 4 heteroatoms. The second kappa shape index (κ2) is 2.58. The van der Waals surface area contributed by atoms with Crippen LogP contribution in [0.2, 0.25) is 0 Å². The zero-order chi connectivity index (χ0) is 10.3. The number of aromatic nitrogens is 1. The van der Waals surface area contributed by atoms with Gasteiger partial charge in [-0.1, -0.05) is 6.07 Å². The fraction of sp³-hybridized carbons (Fsp3) is 0.111. The monoisotopic (exact) mass is 179 g/mol. The van der Waals surface area contributed by atoms with E-state index in [0.29, 0.717) is 5.82 Å². The first-order valence-corrected chi connectivity index (χ1v) is 3.82. The van der Waals surface area contributed by atoms with Crippen LogP contribution in [0.15, 0.2) is 30.6 Å². The summed E-state index contributed by atoms with van der Waals surface area (Å²) in [5.41, 5.74) is -0.0110. The van der Waals surface area contributed by atoms with Crippen molar-refractivity contribution in [2.24, 2.45) is 0 Å². The summed E-state index contributed by atoms with van der Waals surface area (Å²) in [7, 11) is 1.60. The minimum atomic E-state index is -0.711. The van der Waals surface area contributed by atoms with E-state index >= 15 is 0 Å². The first kappa shape index (κ1) is 6.65. The number of rotatable bonds is 0. The molecule has 0 aliphatic carbocycles. The Labute approximate surface area is 76.7 Å². The summed E-state index contributed by atoms with van der Waals surface area (Å²) in [6.07, 6.45) is 0.924. The Balaban J connectivity index is 2.72. The van der Waals surface area contributed by atoms with Crippen LogP contribution in [0.5, 0.6) is 0 Å². The number of aliphatic hydroxyl groups excluding tert-OH is 1. The average molecular weight is 179 g/mol. The van der Waals surface area contributed by atoms with E-state index in [0.717, 1.165) is 0 Å². The van der Waals surface area contributed by atoms with Crippen LogP contribution in [0, 0.1) is 0 Å². The largest absolute Gasteiger partial charge is 0.511 e. The van der Waals surface area contributed by atoms with Gasteiger partial charge in [-0.3, -0.25) is 0 Å². The van der Waals surface area contributed by atoms with Crippen LogP contribution in [-0.2, 0) is 4.79 Å². The Bertz CT molecular complexity index is 438. The van der Waals surface area contributed by atoms with Gasteiger partial charge in [0, 0.05) is 6.07 Å². The third kappa shape index (κ3) is 0.917. The Morgan fingerprint density at radius 1 is 1.69 bits per heavy atom. The van der Waals surface area contributed by atoms with Crippen LogP contribution in [-0.4, -0.2) is 18.1 Å². The molecule has 2 heterocycles. The molecule has 0 saturated carbocycles. The Morgan fingerprint density at radius 3 is 3.15 bits per heavy atom. The number of aliphatic hydroxyl groups is 1. The number of amides is 1. The van der Waals surface area contributed by atoms with Crippen molar-refractivity contribution in [3.05, 3.63) is 30.6 Å². The highest BCUT2D eigenvalue weighted by molar-refractivity contribution is 6.20. The van der Waals surface area contributed by atoms with Crippen LogP contribution in [0.1, 0.15) is 1.37 Å². The number of carbonyl (C=O) groups is 1. The maximum absolute atomic E-state index is 11.6. The van der Waals surface area contributed by atoms with Gasteiger partial charge < -0.3 is 5.11 Å². The third-order valence-electron chi connectivity index (χ3n) is 2.04. The van der Waals surface area contributed by atoms with Gasteiger partial charge in [-0.25, -0.2) is 4.79 Å². The highest BCUT2D eigenvalue weighted by Gasteiger charge is 2.38. The van der Waals surface area contributed by atoms with E-state index in [1.165, 1.54) is 9.47 Å². The van der Waals surface area contributed by atoms with E-state index in [1.54, 1.807) is 31.4 Å². The predicted octanol–water partition coefficient (Wildman–Crippen LogP) is 0.307. The molecule has 0 bridgehead atoms. The Morgan fingerprint density at radius 2 is 2.46 bits per heavy atom. The molecule has 1 N–H and O–H groups in total. The highest BCUT2D eigenvalue weighted by atomic mass is 16.2. The van der Waals surface area contributed by atoms with Gasteiger partial charge in [0.25, 0.3) is 11.5 Å². The van der Waals surface area contributed by atoms with Gasteiger partial charge in [0.15, 0.2) is 0 Å². The van der Waals surface area contributed by atoms with Gasteiger partial charge in [0.05, 0.1) is 13.2 Å². The zero-order valence-electron chi connectivity index (χ0n) is 8.06. The molecule has 66 valence electrons. The van der Waals surface area contributed by atoms with Crippen LogP contribution in [0.25, 0.3) is 5.70 Å². The summed E-state index contributed by atoms with van der Waals surface area (Å²) in [6.45, 7) is 0. The van der Waals surface area contributed by atoms with Gasteiger partial charge in [-0.15, -0.1) is 0 Å². The summed E-state index contributed by atoms with van der Waals surface area (Å²) in [5, 5.41) is 9.07. The molecule has 0 spiro atoms. The van der Waals surface area contributed by atoms with Crippen LogP contribution < -0.4 is 9.47 Å². The molecule has 0 unspecified atom stereocenters. The van der Waals surface area contributed by atoms with Crippen molar-refractivity contribution >= 4 is 17.4 Å². The van der Waals surface area contributed by atoms with E-state index < -0.39 is 6.24 Å². The summed E-state index contributed by atoms with van der Waals surface area (Å²) >= 11 is 0. The summed E-state index contributed by atoms with van der Waals surface area (Å²) in [5.74, 6) is 0.273. The summed E-state index contributed by atoms with van der Waals surface area (Å²) in [4.78, 5) is 13.0. The fourth-order valence-corrected chi connectivity index (χ4v) is 1.36. The lowest BCUT2D eigenvalue weighted by atomic mass is 10.4. The molecular weight excluding hydrogens is 168 g/mol. The summed E-state index contributed by atoms with van der Waals surface area (Å²) < 4.78 is 8.58. The molecule has 2 rings (SSSR count). The molecule has 1 aliphatic rings. The molecule has 1 aliphatic heterocycles. The van der Waals surface area contributed by atoms with Crippen molar-refractivity contribution < 1.29 is 15.8 Å². The van der Waals surface area contributed by atoms with E-state index in [1.807, 2.05) is 0 Å². The van der Waals surface area contributed by atoms with Crippen molar-refractivity contribution in [1.29, 1.82) is 0 Å². The van der Waals surface area contributed by atoms with Crippen LogP contribution in [0.4, 0.5) is 5.82 Å². The quantitative estimate of drug-likeness (QED) is 0.354. The Kier molecular flexibility index (Phi) is 1.32. The van der Waals surface area contributed by atoms with Crippen molar-refractivity contribution in [2.45, 2.75) is 0 Å². The topological polar surface area (TPSA) is 44.4 Å². The number of pyridine rings is 1. The molecule has 13 heavy (non-hydrogen) atoms. The first-order chi connectivity index (χ1) is 6.63. The molecule has 0 radical (unpaired) electrons. The molecule has 0 saturated heterocycles. The number of hydrogen-bond acceptors (Lipinski definition) is 2. The molecule has 1 amide bonds. The standard InChI is InChI=1S/C9H8N2O2/c1-10-8-4-2-3-5-11(8)7(6-12)9(10)13/h2-6H,1H3/p+1/i6T. The van der Waals surface area contributed by atoms with Gasteiger partial charge >= 0.3 is 5.91 Å².